The van der Waals surface area contributed by atoms with Crippen molar-refractivity contribution in [2.45, 2.75) is 192 Å². The number of carbonyl (C=O) groups excluding carboxylic acids is 1. The second kappa shape index (κ2) is 16.2. The Morgan fingerprint density at radius 2 is 1.62 bits per heavy atom. The zero-order chi connectivity index (χ0) is 37.5. The molecule has 13 heteroatoms. The van der Waals surface area contributed by atoms with Crippen LogP contribution in [0.3, 0.4) is 0 Å². The third-order valence-electron chi connectivity index (χ3n) is 12.5. The molecular formula is C37H68N2O11. The van der Waals surface area contributed by atoms with E-state index in [4.69, 9.17) is 28.4 Å². The summed E-state index contributed by atoms with van der Waals surface area (Å²) in [6.45, 7) is 18.7. The van der Waals surface area contributed by atoms with E-state index in [1.54, 1.807) is 34.9 Å². The molecule has 0 aromatic heterocycles. The first-order valence-corrected chi connectivity index (χ1v) is 18.8. The number of carbonyl (C=O) groups is 1. The molecule has 2 bridgehead atoms. The highest BCUT2D eigenvalue weighted by molar-refractivity contribution is 5.79. The maximum Gasteiger partial charge on any atom is 0.225 e. The molecule has 4 aliphatic heterocycles. The Labute approximate surface area is 299 Å². The number of likely N-dealkylation sites (N-methyl/N-ethyl adjacent to an activating group) is 1. The molecule has 0 aromatic carbocycles. The van der Waals surface area contributed by atoms with Crippen LogP contribution in [-0.4, -0.2) is 131 Å². The van der Waals surface area contributed by atoms with Crippen molar-refractivity contribution in [3.8, 4) is 0 Å². The summed E-state index contributed by atoms with van der Waals surface area (Å²) in [5.74, 6) is -2.25. The molecule has 1 amide bonds. The lowest BCUT2D eigenvalue weighted by atomic mass is 9.75. The Kier molecular flexibility index (Phi) is 13.5. The van der Waals surface area contributed by atoms with Crippen LogP contribution in [-0.2, 0) is 33.2 Å². The zero-order valence-corrected chi connectivity index (χ0v) is 32.4. The van der Waals surface area contributed by atoms with E-state index in [0.29, 0.717) is 25.7 Å². The molecule has 13 nitrogen and oxygen atoms in total. The van der Waals surface area contributed by atoms with Gasteiger partial charge in [0.25, 0.3) is 0 Å². The van der Waals surface area contributed by atoms with Crippen molar-refractivity contribution in [2.24, 2.45) is 23.7 Å². The number of aliphatic hydroxyl groups is 4. The van der Waals surface area contributed by atoms with E-state index in [-0.39, 0.29) is 30.4 Å². The summed E-state index contributed by atoms with van der Waals surface area (Å²) in [7, 11) is 3.34. The first-order valence-electron chi connectivity index (χ1n) is 18.8. The number of hydrogen-bond donors (Lipinski definition) is 6. The van der Waals surface area contributed by atoms with Gasteiger partial charge >= 0.3 is 0 Å². The molecule has 6 N–H and O–H groups in total. The van der Waals surface area contributed by atoms with Crippen LogP contribution in [0.15, 0.2) is 0 Å². The van der Waals surface area contributed by atoms with Crippen LogP contribution in [0.5, 0.6) is 0 Å². The normalized spacial score (nSPS) is 52.4. The van der Waals surface area contributed by atoms with Crippen molar-refractivity contribution in [2.75, 3.05) is 14.2 Å². The molecule has 0 aromatic rings. The van der Waals surface area contributed by atoms with E-state index in [1.807, 2.05) is 41.5 Å². The fourth-order valence-corrected chi connectivity index (χ4v) is 9.27. The van der Waals surface area contributed by atoms with Gasteiger partial charge in [-0.2, -0.15) is 0 Å². The Hall–Kier alpha value is -0.970. The average molecular weight is 717 g/mol. The SMILES string of the molecule is CCC[C@H]1NC(=O)[C@H](C)[C@@H](OC2CC(C)(OC)C(O)C(C)O2)[C@H](C)[C@@H](OC2OC(C)CC(NC)C2O)[C@]2(C)C[C@@H](C)[C@@H](O2)[C@H](C)[C@@H](O)[C@]1(C)O. The lowest BCUT2D eigenvalue weighted by Gasteiger charge is -2.48. The fourth-order valence-electron chi connectivity index (χ4n) is 9.27. The summed E-state index contributed by atoms with van der Waals surface area (Å²) in [6.07, 6.45) is -5.38. The Balaban J connectivity index is 1.84. The molecule has 0 spiro atoms. The fraction of sp³-hybridized carbons (Fsp3) is 0.973. The van der Waals surface area contributed by atoms with Gasteiger partial charge in [0, 0.05) is 31.4 Å². The van der Waals surface area contributed by atoms with Crippen LogP contribution >= 0.6 is 0 Å². The average Bonchev–Trinajstić information content (AvgIpc) is 3.38. The molecule has 50 heavy (non-hydrogen) atoms. The molecule has 4 saturated heterocycles. The Bertz CT molecular complexity index is 1130. The van der Waals surface area contributed by atoms with Crippen molar-refractivity contribution in [3.05, 3.63) is 0 Å². The van der Waals surface area contributed by atoms with Gasteiger partial charge in [0.15, 0.2) is 12.6 Å². The zero-order valence-electron chi connectivity index (χ0n) is 32.4. The molecule has 4 fully saturated rings. The lowest BCUT2D eigenvalue weighted by Crippen LogP contribution is -2.62. The molecule has 292 valence electrons. The monoisotopic (exact) mass is 716 g/mol. The second-order valence-electron chi connectivity index (χ2n) is 16.6. The third-order valence-corrected chi connectivity index (χ3v) is 12.5. The van der Waals surface area contributed by atoms with Crippen LogP contribution in [0.25, 0.3) is 0 Å². The van der Waals surface area contributed by atoms with Crippen LogP contribution in [0.2, 0.25) is 0 Å². The van der Waals surface area contributed by atoms with Crippen molar-refractivity contribution in [1.29, 1.82) is 0 Å². The Morgan fingerprint density at radius 1 is 0.960 bits per heavy atom. The summed E-state index contributed by atoms with van der Waals surface area (Å²) < 4.78 is 38.8. The van der Waals surface area contributed by atoms with Gasteiger partial charge in [0.2, 0.25) is 5.91 Å². The minimum absolute atomic E-state index is 0.0368. The number of amides is 1. The molecule has 19 atom stereocenters. The topological polar surface area (TPSA) is 177 Å². The lowest BCUT2D eigenvalue weighted by molar-refractivity contribution is -0.316. The molecule has 4 heterocycles. The van der Waals surface area contributed by atoms with E-state index in [1.165, 1.54) is 0 Å². The van der Waals surface area contributed by atoms with E-state index >= 15 is 0 Å². The van der Waals surface area contributed by atoms with Gasteiger partial charge in [-0.25, -0.2) is 0 Å². The van der Waals surface area contributed by atoms with Gasteiger partial charge in [-0.05, 0) is 66.8 Å². The van der Waals surface area contributed by atoms with Crippen LogP contribution in [0.1, 0.15) is 101 Å². The predicted molar refractivity (Wildman–Crippen MR) is 186 cm³/mol. The number of hydrogen-bond acceptors (Lipinski definition) is 12. The smallest absolute Gasteiger partial charge is 0.225 e. The standard InChI is InChI=1S/C37H68N2O11/c1-13-14-25-37(10,44)30(41)20(4)28-18(2)16-36(9,50-28)32(49-34-27(40)24(38-11)15-19(3)46-34)21(5)29(22(6)33(43)39-25)48-26-17-35(8,45-12)31(42)23(7)47-26/h18-32,34,38,40-42,44H,13-17H2,1-12H3,(H,39,43)/t18-,19?,20+,21+,22-,23?,24?,25-,26?,27?,28-,29+,30-,31?,32-,34?,35?,36+,37-/m1/s1. The molecule has 8 unspecified atom stereocenters. The van der Waals surface area contributed by atoms with Crippen molar-refractivity contribution < 1.29 is 53.6 Å². The summed E-state index contributed by atoms with van der Waals surface area (Å²) in [6, 6.07) is -1.02. The van der Waals surface area contributed by atoms with E-state index in [0.717, 1.165) is 0 Å². The quantitative estimate of drug-likeness (QED) is 0.216. The molecule has 0 aliphatic carbocycles. The largest absolute Gasteiger partial charge is 0.390 e. The van der Waals surface area contributed by atoms with E-state index < -0.39 is 95.9 Å². The van der Waals surface area contributed by atoms with Gasteiger partial charge in [-0.15, -0.1) is 0 Å². The predicted octanol–water partition coefficient (Wildman–Crippen LogP) is 2.24. The molecule has 4 aliphatic rings. The van der Waals surface area contributed by atoms with Crippen molar-refractivity contribution in [3.63, 3.8) is 0 Å². The van der Waals surface area contributed by atoms with E-state index in [2.05, 4.69) is 17.6 Å². The first-order chi connectivity index (χ1) is 23.2. The van der Waals surface area contributed by atoms with Crippen LogP contribution in [0, 0.1) is 23.7 Å². The van der Waals surface area contributed by atoms with Gasteiger partial charge in [-0.1, -0.05) is 41.0 Å². The minimum Gasteiger partial charge on any atom is -0.390 e. The van der Waals surface area contributed by atoms with Crippen molar-refractivity contribution >= 4 is 5.91 Å². The highest BCUT2D eigenvalue weighted by Crippen LogP contribution is 2.47. The summed E-state index contributed by atoms with van der Waals surface area (Å²) >= 11 is 0. The number of ether oxygens (including phenoxy) is 6. The highest BCUT2D eigenvalue weighted by atomic mass is 16.7. The molecule has 0 saturated carbocycles. The number of methoxy groups -OCH3 is 1. The third kappa shape index (κ3) is 8.23. The number of rotatable bonds is 8. The first kappa shape index (κ1) is 41.8. The summed E-state index contributed by atoms with van der Waals surface area (Å²) in [5.41, 5.74) is -3.61. The van der Waals surface area contributed by atoms with E-state index in [9.17, 15) is 25.2 Å². The van der Waals surface area contributed by atoms with Crippen molar-refractivity contribution in [1.82, 2.24) is 10.6 Å². The number of fused-ring (bicyclic) bond motifs is 2. The number of aliphatic hydroxyl groups excluding tert-OH is 3. The maximum atomic E-state index is 14.3. The van der Waals surface area contributed by atoms with Gasteiger partial charge in [-0.3, -0.25) is 4.79 Å². The van der Waals surface area contributed by atoms with Crippen LogP contribution in [0.4, 0.5) is 0 Å². The number of nitrogens with one attached hydrogen (secondary N) is 2. The van der Waals surface area contributed by atoms with Gasteiger partial charge < -0.3 is 59.5 Å². The highest BCUT2D eigenvalue weighted by Gasteiger charge is 2.57. The van der Waals surface area contributed by atoms with Crippen LogP contribution < -0.4 is 10.6 Å². The maximum absolute atomic E-state index is 14.3. The second-order valence-corrected chi connectivity index (χ2v) is 16.6. The van der Waals surface area contributed by atoms with Gasteiger partial charge in [0.05, 0.1) is 59.8 Å². The molecule has 0 radical (unpaired) electrons. The van der Waals surface area contributed by atoms with Gasteiger partial charge in [0.1, 0.15) is 17.8 Å². The summed E-state index contributed by atoms with van der Waals surface area (Å²) in [4.78, 5) is 14.3. The molecule has 4 rings (SSSR count). The molecular weight excluding hydrogens is 648 g/mol. The minimum atomic E-state index is -1.67. The Morgan fingerprint density at radius 3 is 2.22 bits per heavy atom. The summed E-state index contributed by atoms with van der Waals surface area (Å²) in [5, 5.41) is 52.3.